The summed E-state index contributed by atoms with van der Waals surface area (Å²) in [5.41, 5.74) is 6.58. The molecular weight excluding hydrogens is 280 g/mol. The maximum absolute atomic E-state index is 12.2. The van der Waals surface area contributed by atoms with Gasteiger partial charge in [-0.3, -0.25) is 4.79 Å². The van der Waals surface area contributed by atoms with Crippen molar-refractivity contribution in [2.75, 3.05) is 5.73 Å². The molecule has 0 aliphatic rings. The third-order valence-electron chi connectivity index (χ3n) is 3.26. The molecule has 1 amide bonds. The Labute approximate surface area is 121 Å². The number of nitrogen functional groups attached to an aromatic ring is 1. The number of rotatable bonds is 3. The van der Waals surface area contributed by atoms with Crippen LogP contribution in [0.25, 0.3) is 10.1 Å². The number of carbonyl (C=O) groups is 1. The molecule has 2 aromatic rings. The predicted molar refractivity (Wildman–Crippen MR) is 83.0 cm³/mol. The van der Waals surface area contributed by atoms with E-state index in [2.05, 4.69) is 19.2 Å². The summed E-state index contributed by atoms with van der Waals surface area (Å²) >= 11 is 7.33. The van der Waals surface area contributed by atoms with E-state index in [-0.39, 0.29) is 11.9 Å². The Hall–Kier alpha value is -1.26. The first-order valence-corrected chi connectivity index (χ1v) is 7.38. The number of nitrogens with two attached hydrogens (primary N) is 1. The van der Waals surface area contributed by atoms with Crippen molar-refractivity contribution in [3.05, 3.63) is 28.1 Å². The Morgan fingerprint density at radius 1 is 1.37 bits per heavy atom. The third-order valence-corrected chi connectivity index (χ3v) is 4.66. The third kappa shape index (κ3) is 2.85. The van der Waals surface area contributed by atoms with Crippen LogP contribution in [0.15, 0.2) is 18.2 Å². The van der Waals surface area contributed by atoms with E-state index >= 15 is 0 Å². The van der Waals surface area contributed by atoms with Gasteiger partial charge in [-0.25, -0.2) is 0 Å². The summed E-state index contributed by atoms with van der Waals surface area (Å²) in [6.45, 7) is 6.13. The van der Waals surface area contributed by atoms with Gasteiger partial charge >= 0.3 is 0 Å². The molecule has 0 radical (unpaired) electrons. The van der Waals surface area contributed by atoms with Crippen LogP contribution >= 0.6 is 22.9 Å². The molecule has 3 nitrogen and oxygen atoms in total. The Kier molecular flexibility index (Phi) is 4.02. The van der Waals surface area contributed by atoms with Crippen LogP contribution in [0.1, 0.15) is 30.4 Å². The zero-order valence-corrected chi connectivity index (χ0v) is 12.7. The predicted octanol–water partition coefficient (Wildman–Crippen LogP) is 3.91. The summed E-state index contributed by atoms with van der Waals surface area (Å²) in [5, 5.41) is 4.51. The Morgan fingerprint density at radius 3 is 2.68 bits per heavy atom. The van der Waals surface area contributed by atoms with Crippen molar-refractivity contribution in [2.45, 2.75) is 26.8 Å². The quantitative estimate of drug-likeness (QED) is 0.902. The van der Waals surface area contributed by atoms with Crippen molar-refractivity contribution in [3.8, 4) is 0 Å². The standard InChI is InChI=1S/C14H17ClN2OS/c1-7(2)8(3)17-14(18)13-12(16)10-5-4-9(15)6-11(10)19-13/h4-8H,16H2,1-3H3,(H,17,18). The zero-order valence-electron chi connectivity index (χ0n) is 11.2. The number of hydrogen-bond acceptors (Lipinski definition) is 3. The minimum Gasteiger partial charge on any atom is -0.397 e. The number of carbonyl (C=O) groups excluding carboxylic acids is 1. The van der Waals surface area contributed by atoms with Crippen molar-refractivity contribution in [1.29, 1.82) is 0 Å². The molecule has 0 aliphatic carbocycles. The Balaban J connectivity index is 2.35. The minimum atomic E-state index is -0.115. The molecule has 1 aromatic heterocycles. The van der Waals surface area contributed by atoms with Crippen LogP contribution in [0, 0.1) is 5.92 Å². The first-order valence-electron chi connectivity index (χ1n) is 6.18. The number of halogens is 1. The van der Waals surface area contributed by atoms with Gasteiger partial charge in [-0.1, -0.05) is 25.4 Å². The molecule has 19 heavy (non-hydrogen) atoms. The number of benzene rings is 1. The van der Waals surface area contributed by atoms with Gasteiger partial charge in [0.05, 0.1) is 5.69 Å². The van der Waals surface area contributed by atoms with Crippen molar-refractivity contribution in [1.82, 2.24) is 5.32 Å². The lowest BCUT2D eigenvalue weighted by Gasteiger charge is -2.16. The van der Waals surface area contributed by atoms with Gasteiger partial charge in [0.1, 0.15) is 4.88 Å². The molecule has 0 aliphatic heterocycles. The molecular formula is C14H17ClN2OS. The topological polar surface area (TPSA) is 55.1 Å². The van der Waals surface area contributed by atoms with Crippen LogP contribution in [-0.2, 0) is 0 Å². The molecule has 0 saturated heterocycles. The maximum Gasteiger partial charge on any atom is 0.263 e. The molecule has 0 bridgehead atoms. The molecule has 1 unspecified atom stereocenters. The summed E-state index contributed by atoms with van der Waals surface area (Å²) in [6.07, 6.45) is 0. The van der Waals surface area contributed by atoms with E-state index in [1.165, 1.54) is 11.3 Å². The fraction of sp³-hybridized carbons (Fsp3) is 0.357. The Bertz CT molecular complexity index is 621. The molecule has 102 valence electrons. The van der Waals surface area contributed by atoms with Gasteiger partial charge in [0, 0.05) is 21.2 Å². The van der Waals surface area contributed by atoms with Crippen molar-refractivity contribution in [2.24, 2.45) is 5.92 Å². The number of anilines is 1. The van der Waals surface area contributed by atoms with Gasteiger partial charge in [0.2, 0.25) is 0 Å². The van der Waals surface area contributed by atoms with E-state index in [4.69, 9.17) is 17.3 Å². The smallest absolute Gasteiger partial charge is 0.263 e. The fourth-order valence-corrected chi connectivity index (χ4v) is 3.00. The lowest BCUT2D eigenvalue weighted by molar-refractivity contribution is 0.0935. The number of thiophene rings is 1. The minimum absolute atomic E-state index is 0.112. The maximum atomic E-state index is 12.2. The van der Waals surface area contributed by atoms with E-state index < -0.39 is 0 Å². The molecule has 1 aromatic carbocycles. The number of nitrogens with one attached hydrogen (secondary N) is 1. The summed E-state index contributed by atoms with van der Waals surface area (Å²) in [6, 6.07) is 5.58. The average Bonchev–Trinajstić information content (AvgIpc) is 2.66. The van der Waals surface area contributed by atoms with E-state index in [1.54, 1.807) is 6.07 Å². The lowest BCUT2D eigenvalue weighted by Crippen LogP contribution is -2.35. The van der Waals surface area contributed by atoms with Gasteiger partial charge in [-0.2, -0.15) is 0 Å². The molecule has 0 spiro atoms. The van der Waals surface area contributed by atoms with Gasteiger partial charge in [0.25, 0.3) is 5.91 Å². The van der Waals surface area contributed by atoms with Crippen molar-refractivity contribution < 1.29 is 4.79 Å². The molecule has 3 N–H and O–H groups in total. The van der Waals surface area contributed by atoms with E-state index in [0.29, 0.717) is 21.5 Å². The van der Waals surface area contributed by atoms with E-state index in [1.807, 2.05) is 19.1 Å². The van der Waals surface area contributed by atoms with Crippen molar-refractivity contribution in [3.63, 3.8) is 0 Å². The second-order valence-corrected chi connectivity index (χ2v) is 6.48. The van der Waals surface area contributed by atoms with E-state index in [0.717, 1.165) is 10.1 Å². The number of hydrogen-bond donors (Lipinski definition) is 2. The normalized spacial score (nSPS) is 12.9. The highest BCUT2D eigenvalue weighted by molar-refractivity contribution is 7.21. The molecule has 2 rings (SSSR count). The van der Waals surface area contributed by atoms with Crippen LogP contribution in [-0.4, -0.2) is 11.9 Å². The highest BCUT2D eigenvalue weighted by atomic mass is 35.5. The molecule has 0 fully saturated rings. The van der Waals surface area contributed by atoms with Crippen LogP contribution in [0.3, 0.4) is 0 Å². The largest absolute Gasteiger partial charge is 0.397 e. The molecule has 1 heterocycles. The first-order chi connectivity index (χ1) is 8.90. The molecule has 1 atom stereocenters. The van der Waals surface area contributed by atoms with Crippen LogP contribution in [0.5, 0.6) is 0 Å². The van der Waals surface area contributed by atoms with Crippen LogP contribution in [0.4, 0.5) is 5.69 Å². The van der Waals surface area contributed by atoms with Crippen LogP contribution < -0.4 is 11.1 Å². The van der Waals surface area contributed by atoms with Gasteiger partial charge in [0.15, 0.2) is 0 Å². The van der Waals surface area contributed by atoms with Gasteiger partial charge in [-0.15, -0.1) is 11.3 Å². The molecule has 5 heteroatoms. The van der Waals surface area contributed by atoms with Gasteiger partial charge < -0.3 is 11.1 Å². The summed E-state index contributed by atoms with van der Waals surface area (Å²) < 4.78 is 0.937. The second-order valence-electron chi connectivity index (χ2n) is 4.99. The SMILES string of the molecule is CC(C)C(C)NC(=O)c1sc2cc(Cl)ccc2c1N. The van der Waals surface area contributed by atoms with Crippen molar-refractivity contribution >= 4 is 44.6 Å². The number of fused-ring (bicyclic) bond motifs is 1. The number of amides is 1. The molecule has 0 saturated carbocycles. The summed E-state index contributed by atoms with van der Waals surface area (Å²) in [5.74, 6) is 0.269. The highest BCUT2D eigenvalue weighted by Gasteiger charge is 2.19. The Morgan fingerprint density at radius 2 is 2.05 bits per heavy atom. The second kappa shape index (κ2) is 5.39. The summed E-state index contributed by atoms with van der Waals surface area (Å²) in [7, 11) is 0. The van der Waals surface area contributed by atoms with Crippen LogP contribution in [0.2, 0.25) is 5.02 Å². The first kappa shape index (κ1) is 14.2. The highest BCUT2D eigenvalue weighted by Crippen LogP contribution is 2.35. The average molecular weight is 297 g/mol. The summed E-state index contributed by atoms with van der Waals surface area (Å²) in [4.78, 5) is 12.8. The fourth-order valence-electron chi connectivity index (χ4n) is 1.70. The lowest BCUT2D eigenvalue weighted by atomic mass is 10.1. The monoisotopic (exact) mass is 296 g/mol. The zero-order chi connectivity index (χ0) is 14.2. The van der Waals surface area contributed by atoms with E-state index in [9.17, 15) is 4.79 Å². The van der Waals surface area contributed by atoms with Gasteiger partial charge in [-0.05, 0) is 31.0 Å².